The summed E-state index contributed by atoms with van der Waals surface area (Å²) in [6.07, 6.45) is 2.79. The van der Waals surface area contributed by atoms with E-state index in [0.717, 1.165) is 43.6 Å². The lowest BCUT2D eigenvalue weighted by molar-refractivity contribution is -0.107. The van der Waals surface area contributed by atoms with Gasteiger partial charge >= 0.3 is 5.97 Å². The summed E-state index contributed by atoms with van der Waals surface area (Å²) in [5, 5.41) is 19.0. The van der Waals surface area contributed by atoms with Gasteiger partial charge in [0.25, 0.3) is 0 Å². The Kier molecular flexibility index (Phi) is 12.5. The zero-order valence-electron chi connectivity index (χ0n) is 27.3. The third-order valence-corrected chi connectivity index (χ3v) is 9.35. The van der Waals surface area contributed by atoms with Crippen LogP contribution < -0.4 is 15.5 Å². The normalized spacial score (nSPS) is 13.1. The van der Waals surface area contributed by atoms with E-state index >= 15 is 0 Å². The van der Waals surface area contributed by atoms with Gasteiger partial charge in [-0.3, -0.25) is 4.79 Å². The van der Waals surface area contributed by atoms with Crippen LogP contribution in [0.2, 0.25) is 0 Å². The number of hydrogen-bond acceptors (Lipinski definition) is 7. The van der Waals surface area contributed by atoms with E-state index in [-0.39, 0.29) is 11.3 Å². The average molecular weight is 653 g/mol. The van der Waals surface area contributed by atoms with Crippen LogP contribution in [0.4, 0.5) is 11.4 Å². The highest BCUT2D eigenvalue weighted by Gasteiger charge is 2.21. The van der Waals surface area contributed by atoms with Gasteiger partial charge in [-0.25, -0.2) is 9.10 Å². The van der Waals surface area contributed by atoms with Gasteiger partial charge < -0.3 is 25.7 Å². The van der Waals surface area contributed by atoms with E-state index in [1.165, 1.54) is 44.8 Å². The molecule has 4 aromatic rings. The molecule has 47 heavy (non-hydrogen) atoms. The van der Waals surface area contributed by atoms with E-state index in [4.69, 9.17) is 10.8 Å². The van der Waals surface area contributed by atoms with Crippen molar-refractivity contribution in [2.45, 2.75) is 44.0 Å². The second-order valence-electron chi connectivity index (χ2n) is 11.7. The highest BCUT2D eigenvalue weighted by Crippen LogP contribution is 2.32. The zero-order chi connectivity index (χ0) is 33.9. The fourth-order valence-electron chi connectivity index (χ4n) is 5.36. The number of carboxylic acid groups (broad SMARTS) is 1. The molecule has 0 bridgehead atoms. The largest absolute Gasteiger partial charge is 0.507 e. The fraction of sp³-hybridized carbons (Fsp3) is 0.263. The molecule has 1 heterocycles. The van der Waals surface area contributed by atoms with Crippen LogP contribution in [0.25, 0.3) is 5.70 Å². The van der Waals surface area contributed by atoms with Crippen LogP contribution in [0.5, 0.6) is 5.75 Å². The van der Waals surface area contributed by atoms with Crippen molar-refractivity contribution >= 4 is 41.4 Å². The second kappa shape index (κ2) is 16.7. The monoisotopic (exact) mass is 652 g/mol. The molecule has 1 saturated heterocycles. The Labute approximate surface area is 282 Å². The summed E-state index contributed by atoms with van der Waals surface area (Å²) in [6.45, 7) is 11.4. The van der Waals surface area contributed by atoms with Crippen molar-refractivity contribution in [2.24, 2.45) is 5.73 Å². The summed E-state index contributed by atoms with van der Waals surface area (Å²) in [5.74, 6) is -1.11. The number of carbonyl (C=O) groups is 2. The first-order valence-electron chi connectivity index (χ1n) is 15.7. The van der Waals surface area contributed by atoms with Crippen molar-refractivity contribution < 1.29 is 19.8 Å². The van der Waals surface area contributed by atoms with Gasteiger partial charge in [0.05, 0.1) is 6.54 Å². The van der Waals surface area contributed by atoms with E-state index < -0.39 is 5.97 Å². The summed E-state index contributed by atoms with van der Waals surface area (Å²) >= 11 is 1.79. The summed E-state index contributed by atoms with van der Waals surface area (Å²) in [5.41, 5.74) is 12.3. The van der Waals surface area contributed by atoms with Gasteiger partial charge in [0, 0.05) is 47.7 Å². The number of nitrogens with two attached hydrogens (primary N) is 1. The van der Waals surface area contributed by atoms with E-state index in [9.17, 15) is 14.7 Å². The van der Waals surface area contributed by atoms with Crippen molar-refractivity contribution in [3.05, 3.63) is 125 Å². The lowest BCUT2D eigenvalue weighted by Crippen LogP contribution is -2.32. The molecule has 0 radical (unpaired) electrons. The Morgan fingerprint density at radius 1 is 1.00 bits per heavy atom. The number of benzene rings is 4. The predicted octanol–water partition coefficient (Wildman–Crippen LogP) is 7.52. The number of carbonyl (C=O) groups excluding carboxylic acids is 1. The fourth-order valence-corrected chi connectivity index (χ4v) is 6.11. The number of carboxylic acids is 1. The molecule has 8 nitrogen and oxygen atoms in total. The van der Waals surface area contributed by atoms with Crippen LogP contribution in [0, 0.1) is 6.92 Å². The summed E-state index contributed by atoms with van der Waals surface area (Å²) < 4.78 is 2.21. The molecular formula is C38H44N4O4S. The van der Waals surface area contributed by atoms with E-state index in [1.807, 2.05) is 24.3 Å². The van der Waals surface area contributed by atoms with Gasteiger partial charge in [0.15, 0.2) is 0 Å². The Morgan fingerprint density at radius 2 is 1.64 bits per heavy atom. The summed E-state index contributed by atoms with van der Waals surface area (Å²) in [4.78, 5) is 27.9. The molecule has 0 aromatic heterocycles. The molecule has 4 aromatic carbocycles. The van der Waals surface area contributed by atoms with E-state index in [2.05, 4.69) is 85.2 Å². The van der Waals surface area contributed by atoms with Gasteiger partial charge in [-0.1, -0.05) is 67.6 Å². The van der Waals surface area contributed by atoms with Crippen LogP contribution in [0.1, 0.15) is 58.3 Å². The number of amides is 1. The first-order valence-corrected chi connectivity index (χ1v) is 16.5. The van der Waals surface area contributed by atoms with Gasteiger partial charge in [0.2, 0.25) is 6.41 Å². The maximum Gasteiger partial charge on any atom is 0.339 e. The SMILES string of the molecule is C=C(N)c1ccc(N2CCC(c3ccc(CN(C=O)c4ccc(C(=O)O)c(O)c4)cc3)CC2)cc1.CCN(C)Sc1ccc(C)cc1. The lowest BCUT2D eigenvalue weighted by Gasteiger charge is -2.34. The number of anilines is 2. The predicted molar refractivity (Wildman–Crippen MR) is 193 cm³/mol. The molecule has 0 unspecified atom stereocenters. The standard InChI is InChI=1S/C28H29N3O4.C10H15NS/c1-19(29)21-6-8-24(9-7-21)30-14-12-23(13-15-30)22-4-2-20(3-5-22)17-31(18-32)25-10-11-26(28(34)35)27(33)16-25;1-4-11(3)12-10-7-5-9(2)6-8-10/h2-11,16,18,23,33H,1,12-15,17,29H2,(H,34,35);5-8H,4H2,1-3H3. The highest BCUT2D eigenvalue weighted by molar-refractivity contribution is 7.97. The first-order chi connectivity index (χ1) is 22.6. The Morgan fingerprint density at radius 3 is 2.17 bits per heavy atom. The Bertz CT molecular complexity index is 1630. The van der Waals surface area contributed by atoms with Gasteiger partial charge in [-0.2, -0.15) is 0 Å². The van der Waals surface area contributed by atoms with E-state index in [1.54, 1.807) is 11.9 Å². The molecule has 1 amide bonds. The molecule has 1 aliphatic rings. The lowest BCUT2D eigenvalue weighted by atomic mass is 9.88. The number of hydrogen-bond donors (Lipinski definition) is 3. The molecule has 246 valence electrons. The molecule has 1 fully saturated rings. The zero-order valence-corrected chi connectivity index (χ0v) is 28.1. The maximum atomic E-state index is 11.7. The van der Waals surface area contributed by atoms with Crippen molar-refractivity contribution in [3.63, 3.8) is 0 Å². The smallest absolute Gasteiger partial charge is 0.339 e. The number of phenols is 1. The summed E-state index contributed by atoms with van der Waals surface area (Å²) in [7, 11) is 2.10. The minimum atomic E-state index is -1.22. The first kappa shape index (κ1) is 35.1. The number of nitrogens with zero attached hydrogens (tertiary/aromatic N) is 3. The molecular weight excluding hydrogens is 609 g/mol. The molecule has 0 spiro atoms. The number of aromatic hydroxyl groups is 1. The topological polar surface area (TPSA) is 110 Å². The van der Waals surface area contributed by atoms with E-state index in [0.29, 0.717) is 30.3 Å². The number of piperidine rings is 1. The second-order valence-corrected chi connectivity index (χ2v) is 12.9. The third-order valence-electron chi connectivity index (χ3n) is 8.30. The quantitative estimate of drug-likeness (QED) is 0.113. The Balaban J connectivity index is 0.000000351. The third kappa shape index (κ3) is 9.88. The van der Waals surface area contributed by atoms with Gasteiger partial charge in [0.1, 0.15) is 11.3 Å². The molecule has 0 atom stereocenters. The van der Waals surface area contributed by atoms with Gasteiger partial charge in [-0.15, -0.1) is 0 Å². The molecule has 4 N–H and O–H groups in total. The molecule has 1 aliphatic heterocycles. The molecule has 5 rings (SSSR count). The van der Waals surface area contributed by atoms with Crippen LogP contribution in [-0.4, -0.2) is 53.6 Å². The van der Waals surface area contributed by atoms with Crippen molar-refractivity contribution in [1.82, 2.24) is 4.31 Å². The van der Waals surface area contributed by atoms with Crippen molar-refractivity contribution in [3.8, 4) is 5.75 Å². The average Bonchev–Trinajstić information content (AvgIpc) is 3.08. The number of aryl methyl sites for hydroxylation is 1. The Hall–Kier alpha value is -4.73. The van der Waals surface area contributed by atoms with Crippen LogP contribution in [0.15, 0.2) is 102 Å². The van der Waals surface area contributed by atoms with Crippen LogP contribution in [0.3, 0.4) is 0 Å². The number of rotatable bonds is 11. The minimum Gasteiger partial charge on any atom is -0.507 e. The van der Waals surface area contributed by atoms with Crippen LogP contribution >= 0.6 is 11.9 Å². The molecule has 0 saturated carbocycles. The number of aromatic carboxylic acids is 1. The van der Waals surface area contributed by atoms with Crippen molar-refractivity contribution in [1.29, 1.82) is 0 Å². The highest BCUT2D eigenvalue weighted by atomic mass is 32.2. The maximum absolute atomic E-state index is 11.7. The van der Waals surface area contributed by atoms with Crippen LogP contribution in [-0.2, 0) is 11.3 Å². The molecule has 9 heteroatoms. The summed E-state index contributed by atoms with van der Waals surface area (Å²) in [6, 6.07) is 29.2. The van der Waals surface area contributed by atoms with Gasteiger partial charge in [-0.05, 0) is 97.8 Å². The molecule has 0 aliphatic carbocycles. The van der Waals surface area contributed by atoms with Crippen molar-refractivity contribution in [2.75, 3.05) is 36.5 Å². The minimum absolute atomic E-state index is 0.200.